The van der Waals surface area contributed by atoms with Gasteiger partial charge in [0.15, 0.2) is 0 Å². The van der Waals surface area contributed by atoms with Gasteiger partial charge in [-0.15, -0.1) is 0 Å². The average Bonchev–Trinajstić information content (AvgIpc) is 2.88. The van der Waals surface area contributed by atoms with Crippen LogP contribution in [0.3, 0.4) is 0 Å². The lowest BCUT2D eigenvalue weighted by Crippen LogP contribution is -2.41. The highest BCUT2D eigenvalue weighted by molar-refractivity contribution is 9.10. The quantitative estimate of drug-likeness (QED) is 0.846. The Balaban J connectivity index is 1.86. The lowest BCUT2D eigenvalue weighted by molar-refractivity contribution is -0.129. The fraction of sp³-hybridized carbons (Fsp3) is 0.529. The smallest absolute Gasteiger partial charge is 0.407 e. The molecular weight excluding hydrogens is 379 g/mol. The lowest BCUT2D eigenvalue weighted by atomic mass is 10.1. The van der Waals surface area contributed by atoms with Crippen molar-refractivity contribution in [3.05, 3.63) is 34.1 Å². The van der Waals surface area contributed by atoms with Crippen LogP contribution < -0.4 is 5.32 Å². The molecule has 1 unspecified atom stereocenters. The molecule has 0 saturated carbocycles. The summed E-state index contributed by atoms with van der Waals surface area (Å²) in [6.45, 7) is 6.45. The van der Waals surface area contributed by atoms with Crippen molar-refractivity contribution in [2.24, 2.45) is 0 Å². The van der Waals surface area contributed by atoms with Crippen LogP contribution in [0.25, 0.3) is 0 Å². The molecule has 132 valence electrons. The van der Waals surface area contributed by atoms with Gasteiger partial charge in [-0.2, -0.15) is 0 Å². The van der Waals surface area contributed by atoms with E-state index in [9.17, 15) is 14.0 Å². The first-order valence-electron chi connectivity index (χ1n) is 7.85. The summed E-state index contributed by atoms with van der Waals surface area (Å²) < 4.78 is 18.9. The molecular formula is C17H22BrFN2O3. The second-order valence-electron chi connectivity index (χ2n) is 6.88. The number of alkyl carbamates (subject to hydrolysis) is 1. The van der Waals surface area contributed by atoms with Crippen molar-refractivity contribution < 1.29 is 18.7 Å². The molecule has 1 aromatic rings. The Kier molecular flexibility index (Phi) is 5.85. The molecule has 2 amide bonds. The number of hydrogen-bond acceptors (Lipinski definition) is 3. The molecule has 0 radical (unpaired) electrons. The molecule has 1 aromatic carbocycles. The van der Waals surface area contributed by atoms with Gasteiger partial charge in [0.2, 0.25) is 5.91 Å². The molecule has 2 rings (SSSR count). The summed E-state index contributed by atoms with van der Waals surface area (Å²) in [7, 11) is 0. The van der Waals surface area contributed by atoms with Crippen molar-refractivity contribution >= 4 is 27.9 Å². The number of likely N-dealkylation sites (tertiary alicyclic amines) is 1. The van der Waals surface area contributed by atoms with Crippen molar-refractivity contribution in [2.45, 2.75) is 45.3 Å². The molecule has 5 nitrogen and oxygen atoms in total. The van der Waals surface area contributed by atoms with Crippen molar-refractivity contribution in [3.63, 3.8) is 0 Å². The first-order valence-corrected chi connectivity index (χ1v) is 8.64. The van der Waals surface area contributed by atoms with Gasteiger partial charge in [-0.3, -0.25) is 4.79 Å². The number of nitrogens with zero attached hydrogens (tertiary/aromatic N) is 1. The fourth-order valence-electron chi connectivity index (χ4n) is 2.52. The number of hydrogen-bond donors (Lipinski definition) is 1. The number of carbonyl (C=O) groups is 2. The molecule has 1 N–H and O–H groups in total. The summed E-state index contributed by atoms with van der Waals surface area (Å²) in [5.74, 6) is -0.392. The minimum absolute atomic E-state index is 0.0456. The van der Waals surface area contributed by atoms with Gasteiger partial charge >= 0.3 is 6.09 Å². The van der Waals surface area contributed by atoms with Crippen LogP contribution in [0, 0.1) is 5.82 Å². The molecule has 0 aliphatic carbocycles. The van der Waals surface area contributed by atoms with Gasteiger partial charge in [-0.25, -0.2) is 9.18 Å². The summed E-state index contributed by atoms with van der Waals surface area (Å²) in [6.07, 6.45) is 0.415. The van der Waals surface area contributed by atoms with Gasteiger partial charge in [0.25, 0.3) is 0 Å². The molecule has 0 aromatic heterocycles. The third-order valence-electron chi connectivity index (χ3n) is 3.62. The zero-order valence-electron chi connectivity index (χ0n) is 14.1. The van der Waals surface area contributed by atoms with E-state index in [1.165, 1.54) is 12.1 Å². The Morgan fingerprint density at radius 1 is 1.42 bits per heavy atom. The maximum absolute atomic E-state index is 13.1. The van der Waals surface area contributed by atoms with Crippen molar-refractivity contribution in [2.75, 3.05) is 13.1 Å². The van der Waals surface area contributed by atoms with Crippen LogP contribution in [0.15, 0.2) is 22.7 Å². The first kappa shape index (κ1) is 18.7. The van der Waals surface area contributed by atoms with E-state index < -0.39 is 11.7 Å². The van der Waals surface area contributed by atoms with Gasteiger partial charge in [-0.05, 0) is 44.9 Å². The number of nitrogens with one attached hydrogen (secondary N) is 1. The minimum atomic E-state index is -0.549. The highest BCUT2D eigenvalue weighted by Gasteiger charge is 2.29. The molecule has 1 fully saturated rings. The zero-order chi connectivity index (χ0) is 17.9. The van der Waals surface area contributed by atoms with E-state index in [2.05, 4.69) is 21.2 Å². The summed E-state index contributed by atoms with van der Waals surface area (Å²) >= 11 is 3.27. The molecule has 1 heterocycles. The topological polar surface area (TPSA) is 58.6 Å². The summed E-state index contributed by atoms with van der Waals surface area (Å²) in [4.78, 5) is 25.9. The van der Waals surface area contributed by atoms with Crippen LogP contribution in [0.1, 0.15) is 32.8 Å². The highest BCUT2D eigenvalue weighted by Crippen LogP contribution is 2.20. The Bertz CT molecular complexity index is 631. The van der Waals surface area contributed by atoms with E-state index in [0.717, 1.165) is 5.56 Å². The fourth-order valence-corrected chi connectivity index (χ4v) is 3.01. The van der Waals surface area contributed by atoms with Gasteiger partial charge in [0.1, 0.15) is 11.4 Å². The number of amides is 2. The highest BCUT2D eigenvalue weighted by atomic mass is 79.9. The Labute approximate surface area is 149 Å². The summed E-state index contributed by atoms with van der Waals surface area (Å²) in [5.41, 5.74) is 0.192. The molecule has 24 heavy (non-hydrogen) atoms. The second kappa shape index (κ2) is 7.51. The number of carbonyl (C=O) groups excluding carboxylic acids is 2. The molecule has 1 saturated heterocycles. The van der Waals surface area contributed by atoms with Crippen LogP contribution in [0.4, 0.5) is 9.18 Å². The third-order valence-corrected chi connectivity index (χ3v) is 4.36. The molecule has 1 aliphatic heterocycles. The van der Waals surface area contributed by atoms with Crippen LogP contribution >= 0.6 is 15.9 Å². The van der Waals surface area contributed by atoms with E-state index >= 15 is 0 Å². The van der Waals surface area contributed by atoms with Crippen molar-refractivity contribution in [1.29, 1.82) is 0 Å². The predicted octanol–water partition coefficient (Wildman–Crippen LogP) is 3.26. The second-order valence-corrected chi connectivity index (χ2v) is 7.74. The number of ether oxygens (including phenoxy) is 1. The Morgan fingerprint density at radius 3 is 2.75 bits per heavy atom. The van der Waals surface area contributed by atoms with Crippen LogP contribution in [-0.2, 0) is 16.0 Å². The third kappa shape index (κ3) is 5.47. The Morgan fingerprint density at radius 2 is 2.12 bits per heavy atom. The molecule has 0 bridgehead atoms. The van der Waals surface area contributed by atoms with Gasteiger partial charge in [0.05, 0.1) is 12.5 Å². The largest absolute Gasteiger partial charge is 0.444 e. The molecule has 0 spiro atoms. The normalized spacial score (nSPS) is 17.7. The van der Waals surface area contributed by atoms with E-state index in [0.29, 0.717) is 24.0 Å². The lowest BCUT2D eigenvalue weighted by Gasteiger charge is -2.22. The summed E-state index contributed by atoms with van der Waals surface area (Å²) in [5, 5.41) is 2.79. The van der Waals surface area contributed by atoms with Gasteiger partial charge < -0.3 is 15.0 Å². The average molecular weight is 401 g/mol. The van der Waals surface area contributed by atoms with E-state index in [1.54, 1.807) is 31.7 Å². The molecule has 1 atom stereocenters. The molecule has 1 aliphatic rings. The molecule has 7 heteroatoms. The maximum atomic E-state index is 13.1. The number of rotatable bonds is 3. The standard InChI is InChI=1S/C17H22BrFN2O3/c1-17(2,3)24-16(23)20-13-6-7-21(10-13)15(22)8-11-4-5-12(19)9-14(11)18/h4-5,9,13H,6-8,10H2,1-3H3,(H,20,23). The van der Waals surface area contributed by atoms with Crippen molar-refractivity contribution in [3.8, 4) is 0 Å². The van der Waals surface area contributed by atoms with Gasteiger partial charge in [-0.1, -0.05) is 22.0 Å². The van der Waals surface area contributed by atoms with Gasteiger partial charge in [0, 0.05) is 17.6 Å². The van der Waals surface area contributed by atoms with E-state index in [4.69, 9.17) is 4.74 Å². The zero-order valence-corrected chi connectivity index (χ0v) is 15.7. The maximum Gasteiger partial charge on any atom is 0.407 e. The van der Waals surface area contributed by atoms with Crippen LogP contribution in [-0.4, -0.2) is 41.6 Å². The number of benzene rings is 1. The summed E-state index contributed by atoms with van der Waals surface area (Å²) in [6, 6.07) is 4.17. The Hall–Kier alpha value is -1.63. The van der Waals surface area contributed by atoms with E-state index in [-0.39, 0.29) is 24.2 Å². The first-order chi connectivity index (χ1) is 11.1. The predicted molar refractivity (Wildman–Crippen MR) is 92.2 cm³/mol. The minimum Gasteiger partial charge on any atom is -0.444 e. The van der Waals surface area contributed by atoms with Crippen LogP contribution in [0.5, 0.6) is 0 Å². The monoisotopic (exact) mass is 400 g/mol. The van der Waals surface area contributed by atoms with E-state index in [1.807, 2.05) is 0 Å². The van der Waals surface area contributed by atoms with Crippen molar-refractivity contribution in [1.82, 2.24) is 10.2 Å². The SMILES string of the molecule is CC(C)(C)OC(=O)NC1CCN(C(=O)Cc2ccc(F)cc2Br)C1. The van der Waals surface area contributed by atoms with Crippen LogP contribution in [0.2, 0.25) is 0 Å². The number of halogens is 2.